The Morgan fingerprint density at radius 3 is 2.29 bits per heavy atom. The summed E-state index contributed by atoms with van der Waals surface area (Å²) in [5.41, 5.74) is 11.8. The molecule has 0 aliphatic heterocycles. The Balaban J connectivity index is 0.000000442. The summed E-state index contributed by atoms with van der Waals surface area (Å²) in [6.45, 7) is 11.3. The van der Waals surface area contributed by atoms with Crippen molar-refractivity contribution in [3.05, 3.63) is 113 Å². The van der Waals surface area contributed by atoms with Crippen molar-refractivity contribution in [2.24, 2.45) is 5.73 Å². The van der Waals surface area contributed by atoms with E-state index in [0.29, 0.717) is 18.6 Å². The SMILES string of the molecule is O=C=O.[C-]#[N+]c1ccc2c(c1)c(CCC(NCCCN)c1cccc(C)c1)cn2C1CCCCC1.c1ccccc1. The zero-order valence-corrected chi connectivity index (χ0v) is 24.1. The summed E-state index contributed by atoms with van der Waals surface area (Å²) in [7, 11) is 0. The minimum Gasteiger partial charge on any atom is -0.344 e. The summed E-state index contributed by atoms with van der Waals surface area (Å²) < 4.78 is 2.51. The summed E-state index contributed by atoms with van der Waals surface area (Å²) in [5, 5.41) is 5.00. The zero-order chi connectivity index (χ0) is 29.3. The van der Waals surface area contributed by atoms with Gasteiger partial charge in [0, 0.05) is 23.8 Å². The lowest BCUT2D eigenvalue weighted by molar-refractivity contribution is -0.191. The van der Waals surface area contributed by atoms with Crippen LogP contribution in [-0.2, 0) is 16.0 Å². The van der Waals surface area contributed by atoms with Crippen LogP contribution in [0.15, 0.2) is 85.1 Å². The summed E-state index contributed by atoms with van der Waals surface area (Å²) >= 11 is 0. The van der Waals surface area contributed by atoms with Crippen LogP contribution in [0.2, 0.25) is 0 Å². The van der Waals surface area contributed by atoms with Crippen LogP contribution in [0.25, 0.3) is 15.7 Å². The number of benzene rings is 3. The Bertz CT molecular complexity index is 1370. The molecule has 3 N–H and O–H groups in total. The van der Waals surface area contributed by atoms with Gasteiger partial charge in [-0.1, -0.05) is 91.6 Å². The number of carbonyl (C=O) groups excluding carboxylic acids is 2. The van der Waals surface area contributed by atoms with Gasteiger partial charge in [-0.05, 0) is 80.8 Å². The van der Waals surface area contributed by atoms with Gasteiger partial charge in [0.1, 0.15) is 0 Å². The van der Waals surface area contributed by atoms with Gasteiger partial charge >= 0.3 is 6.15 Å². The first kappa shape index (κ1) is 31.5. The quantitative estimate of drug-likeness (QED) is 0.165. The van der Waals surface area contributed by atoms with E-state index in [1.165, 1.54) is 59.7 Å². The number of nitrogens with zero attached hydrogens (tertiary/aromatic N) is 2. The molecule has 6 heteroatoms. The lowest BCUT2D eigenvalue weighted by atomic mass is 9.95. The van der Waals surface area contributed by atoms with Crippen molar-refractivity contribution >= 4 is 22.7 Å². The van der Waals surface area contributed by atoms with Crippen LogP contribution in [0.5, 0.6) is 0 Å². The molecule has 214 valence electrons. The van der Waals surface area contributed by atoms with E-state index in [1.807, 2.05) is 42.5 Å². The van der Waals surface area contributed by atoms with Crippen molar-refractivity contribution in [1.82, 2.24) is 9.88 Å². The number of aromatic nitrogens is 1. The number of nitrogens with two attached hydrogens (primary N) is 1. The van der Waals surface area contributed by atoms with E-state index >= 15 is 0 Å². The van der Waals surface area contributed by atoms with Gasteiger partial charge in [-0.15, -0.1) is 0 Å². The van der Waals surface area contributed by atoms with Crippen LogP contribution >= 0.6 is 0 Å². The first-order valence-electron chi connectivity index (χ1n) is 14.6. The number of hydrogen-bond acceptors (Lipinski definition) is 4. The largest absolute Gasteiger partial charge is 0.373 e. The Kier molecular flexibility index (Phi) is 13.6. The summed E-state index contributed by atoms with van der Waals surface area (Å²) in [4.78, 5) is 20.0. The second-order valence-electron chi connectivity index (χ2n) is 10.5. The summed E-state index contributed by atoms with van der Waals surface area (Å²) in [5.74, 6) is 0. The van der Waals surface area contributed by atoms with Gasteiger partial charge < -0.3 is 15.6 Å². The molecule has 1 unspecified atom stereocenters. The second kappa shape index (κ2) is 17.6. The summed E-state index contributed by atoms with van der Waals surface area (Å²) in [6, 6.07) is 28.0. The van der Waals surface area contributed by atoms with E-state index in [2.05, 4.69) is 64.2 Å². The fourth-order valence-electron chi connectivity index (χ4n) is 5.58. The van der Waals surface area contributed by atoms with Crippen molar-refractivity contribution in [2.75, 3.05) is 13.1 Å². The van der Waals surface area contributed by atoms with E-state index in [1.54, 1.807) is 0 Å². The number of fused-ring (bicyclic) bond motifs is 1. The minimum atomic E-state index is 0.250. The molecule has 1 heterocycles. The first-order valence-corrected chi connectivity index (χ1v) is 14.6. The van der Waals surface area contributed by atoms with Crippen molar-refractivity contribution in [2.45, 2.75) is 70.4 Å². The van der Waals surface area contributed by atoms with Crippen LogP contribution in [-0.4, -0.2) is 23.8 Å². The molecule has 0 saturated heterocycles. The molecule has 1 aromatic heterocycles. The normalized spacial score (nSPS) is 13.6. The molecule has 0 spiro atoms. The summed E-state index contributed by atoms with van der Waals surface area (Å²) in [6.07, 6.45) is 12.2. The molecular formula is C35H42N4O2. The lowest BCUT2D eigenvalue weighted by Crippen LogP contribution is -2.24. The number of rotatable bonds is 9. The van der Waals surface area contributed by atoms with E-state index in [9.17, 15) is 0 Å². The Labute approximate surface area is 244 Å². The van der Waals surface area contributed by atoms with Gasteiger partial charge in [-0.25, -0.2) is 4.85 Å². The van der Waals surface area contributed by atoms with Gasteiger partial charge in [0.05, 0.1) is 6.57 Å². The molecule has 5 rings (SSSR count). The minimum absolute atomic E-state index is 0.250. The van der Waals surface area contributed by atoms with Crippen molar-refractivity contribution in [1.29, 1.82) is 0 Å². The molecule has 3 aromatic carbocycles. The van der Waals surface area contributed by atoms with Gasteiger partial charge in [-0.3, -0.25) is 0 Å². The second-order valence-corrected chi connectivity index (χ2v) is 10.5. The van der Waals surface area contributed by atoms with Crippen molar-refractivity contribution in [3.63, 3.8) is 0 Å². The van der Waals surface area contributed by atoms with Gasteiger partial charge in [-0.2, -0.15) is 9.59 Å². The Morgan fingerprint density at radius 1 is 1.00 bits per heavy atom. The molecule has 0 radical (unpaired) electrons. The van der Waals surface area contributed by atoms with Crippen molar-refractivity contribution < 1.29 is 9.59 Å². The first-order chi connectivity index (χ1) is 20.1. The average molecular weight is 551 g/mol. The molecule has 1 fully saturated rings. The van der Waals surface area contributed by atoms with E-state index < -0.39 is 0 Å². The highest BCUT2D eigenvalue weighted by molar-refractivity contribution is 5.87. The number of nitrogens with one attached hydrogen (secondary N) is 1. The predicted molar refractivity (Wildman–Crippen MR) is 166 cm³/mol. The van der Waals surface area contributed by atoms with Crippen LogP contribution in [0, 0.1) is 13.5 Å². The molecule has 1 aliphatic rings. The van der Waals surface area contributed by atoms with Gasteiger partial charge in [0.15, 0.2) is 5.69 Å². The Morgan fingerprint density at radius 2 is 1.68 bits per heavy atom. The van der Waals surface area contributed by atoms with E-state index in [-0.39, 0.29) is 6.15 Å². The highest BCUT2D eigenvalue weighted by Crippen LogP contribution is 2.36. The average Bonchev–Trinajstić information content (AvgIpc) is 3.38. The monoisotopic (exact) mass is 550 g/mol. The van der Waals surface area contributed by atoms with Crippen LogP contribution < -0.4 is 11.1 Å². The number of hydrogen-bond donors (Lipinski definition) is 2. The molecule has 6 nitrogen and oxygen atoms in total. The van der Waals surface area contributed by atoms with E-state index in [4.69, 9.17) is 21.9 Å². The fraction of sp³-hybridized carbons (Fsp3) is 0.371. The molecular weight excluding hydrogens is 508 g/mol. The van der Waals surface area contributed by atoms with Gasteiger partial charge in [0.25, 0.3) is 0 Å². The maximum atomic E-state index is 8.12. The lowest BCUT2D eigenvalue weighted by Gasteiger charge is -2.24. The molecule has 1 aliphatic carbocycles. The molecule has 0 amide bonds. The zero-order valence-electron chi connectivity index (χ0n) is 24.1. The fourth-order valence-corrected chi connectivity index (χ4v) is 5.58. The number of aryl methyl sites for hydroxylation is 2. The Hall–Kier alpha value is -4.01. The topological polar surface area (TPSA) is 81.5 Å². The van der Waals surface area contributed by atoms with Crippen molar-refractivity contribution in [3.8, 4) is 0 Å². The molecule has 1 atom stereocenters. The van der Waals surface area contributed by atoms with Crippen LogP contribution in [0.1, 0.15) is 73.7 Å². The third-order valence-electron chi connectivity index (χ3n) is 7.58. The third kappa shape index (κ3) is 9.84. The predicted octanol–water partition coefficient (Wildman–Crippen LogP) is 7.72. The van der Waals surface area contributed by atoms with Gasteiger partial charge in [0.2, 0.25) is 0 Å². The highest BCUT2D eigenvalue weighted by Gasteiger charge is 2.20. The van der Waals surface area contributed by atoms with Crippen LogP contribution in [0.4, 0.5) is 5.69 Å². The van der Waals surface area contributed by atoms with E-state index in [0.717, 1.165) is 31.5 Å². The highest BCUT2D eigenvalue weighted by atomic mass is 16.2. The molecule has 1 saturated carbocycles. The smallest absolute Gasteiger partial charge is 0.344 e. The molecule has 0 bridgehead atoms. The molecule has 41 heavy (non-hydrogen) atoms. The maximum absolute atomic E-state index is 8.12. The van der Waals surface area contributed by atoms with Crippen LogP contribution in [0.3, 0.4) is 0 Å². The maximum Gasteiger partial charge on any atom is 0.373 e. The molecule has 4 aromatic rings. The standard InChI is InChI=1S/C28H36N4.C6H6.CO2/c1-21-8-6-9-22(18-21)27(31-17-7-16-29)14-12-23-20-32(25-10-4-3-5-11-25)28-15-13-24(30-2)19-26(23)28;1-2-4-6-5-3-1;2-1-3/h6,8-9,13,15,18-20,25,27,31H,3-5,7,10-12,14,16-17,29H2,1H3;1-6H;. The third-order valence-corrected chi connectivity index (χ3v) is 7.58.